The molecule has 4 rings (SSSR count). The molecule has 1 amide bonds. The Bertz CT molecular complexity index is 1390. The standard InChI is InChI=1S/C25H19ClF3N5O2S/c1-36-21-12-4-17(5-13-21)23-32-33-24(34(23)20-10-8-19(26)9-11-20)37-15-22(35)31-30-14-16-2-6-18(7-3-16)25(27,28)29/h2-14H,15H2,1H3,(H,31,35). The van der Waals surface area contributed by atoms with Gasteiger partial charge in [-0.1, -0.05) is 35.5 Å². The zero-order valence-electron chi connectivity index (χ0n) is 19.2. The molecule has 1 heterocycles. The molecule has 0 aliphatic carbocycles. The Hall–Kier alpha value is -3.83. The number of nitrogens with zero attached hydrogens (tertiary/aromatic N) is 4. The molecule has 0 atom stereocenters. The second kappa shape index (κ2) is 11.5. The average Bonchev–Trinajstić information content (AvgIpc) is 3.31. The number of aromatic nitrogens is 3. The first-order valence-electron chi connectivity index (χ1n) is 10.7. The number of alkyl halides is 3. The van der Waals surface area contributed by atoms with Gasteiger partial charge in [0.05, 0.1) is 24.6 Å². The molecular weight excluding hydrogens is 527 g/mol. The van der Waals surface area contributed by atoms with E-state index in [0.717, 1.165) is 35.1 Å². The minimum atomic E-state index is -4.42. The van der Waals surface area contributed by atoms with E-state index in [1.165, 1.54) is 18.3 Å². The Morgan fingerprint density at radius 2 is 1.73 bits per heavy atom. The largest absolute Gasteiger partial charge is 0.497 e. The van der Waals surface area contributed by atoms with E-state index in [2.05, 4.69) is 20.7 Å². The number of thioether (sulfide) groups is 1. The molecule has 0 fully saturated rings. The normalized spacial score (nSPS) is 11.6. The van der Waals surface area contributed by atoms with E-state index < -0.39 is 17.6 Å². The molecule has 0 aliphatic rings. The molecule has 1 aromatic heterocycles. The highest BCUT2D eigenvalue weighted by Crippen LogP contribution is 2.30. The van der Waals surface area contributed by atoms with Gasteiger partial charge in [0.25, 0.3) is 5.91 Å². The fourth-order valence-electron chi connectivity index (χ4n) is 3.21. The van der Waals surface area contributed by atoms with Crippen LogP contribution in [0.25, 0.3) is 17.1 Å². The summed E-state index contributed by atoms with van der Waals surface area (Å²) in [6.07, 6.45) is -3.15. The van der Waals surface area contributed by atoms with E-state index in [0.29, 0.717) is 27.3 Å². The molecule has 0 radical (unpaired) electrons. The summed E-state index contributed by atoms with van der Waals surface area (Å²) in [6.45, 7) is 0. The SMILES string of the molecule is COc1ccc(-c2nnc(SCC(=O)NN=Cc3ccc(C(F)(F)F)cc3)n2-c2ccc(Cl)cc2)cc1. The molecule has 0 spiro atoms. The van der Waals surface area contributed by atoms with Crippen molar-refractivity contribution in [1.29, 1.82) is 0 Å². The maximum absolute atomic E-state index is 12.7. The molecule has 1 N–H and O–H groups in total. The quantitative estimate of drug-likeness (QED) is 0.170. The summed E-state index contributed by atoms with van der Waals surface area (Å²) in [6, 6.07) is 18.9. The molecule has 3 aromatic carbocycles. The Balaban J connectivity index is 1.46. The minimum Gasteiger partial charge on any atom is -0.497 e. The Morgan fingerprint density at radius 3 is 2.35 bits per heavy atom. The highest BCUT2D eigenvalue weighted by Gasteiger charge is 2.29. The molecule has 0 unspecified atom stereocenters. The fraction of sp³-hybridized carbons (Fsp3) is 0.120. The lowest BCUT2D eigenvalue weighted by molar-refractivity contribution is -0.137. The van der Waals surface area contributed by atoms with E-state index in [-0.39, 0.29) is 5.75 Å². The molecule has 4 aromatic rings. The van der Waals surface area contributed by atoms with Gasteiger partial charge in [0.1, 0.15) is 5.75 Å². The summed E-state index contributed by atoms with van der Waals surface area (Å²) in [5.41, 5.74) is 3.56. The highest BCUT2D eigenvalue weighted by molar-refractivity contribution is 7.99. The van der Waals surface area contributed by atoms with Crippen LogP contribution in [0.5, 0.6) is 5.75 Å². The van der Waals surface area contributed by atoms with Crippen molar-refractivity contribution < 1.29 is 22.7 Å². The van der Waals surface area contributed by atoms with Crippen molar-refractivity contribution in [2.45, 2.75) is 11.3 Å². The first-order valence-corrected chi connectivity index (χ1v) is 12.1. The van der Waals surface area contributed by atoms with Gasteiger partial charge in [0.2, 0.25) is 0 Å². The predicted molar refractivity (Wildman–Crippen MR) is 136 cm³/mol. The van der Waals surface area contributed by atoms with Crippen molar-refractivity contribution in [2.24, 2.45) is 5.10 Å². The van der Waals surface area contributed by atoms with Gasteiger partial charge in [-0.3, -0.25) is 9.36 Å². The van der Waals surface area contributed by atoms with Gasteiger partial charge >= 0.3 is 6.18 Å². The first-order chi connectivity index (χ1) is 17.7. The van der Waals surface area contributed by atoms with Crippen LogP contribution in [0, 0.1) is 0 Å². The van der Waals surface area contributed by atoms with Crippen LogP contribution in [0.3, 0.4) is 0 Å². The lowest BCUT2D eigenvalue weighted by Crippen LogP contribution is -2.20. The van der Waals surface area contributed by atoms with Crippen molar-refractivity contribution in [2.75, 3.05) is 12.9 Å². The van der Waals surface area contributed by atoms with Gasteiger partial charge in [-0.05, 0) is 66.2 Å². The second-order valence-electron chi connectivity index (χ2n) is 7.55. The Kier molecular flexibility index (Phi) is 8.14. The average molecular weight is 546 g/mol. The van der Waals surface area contributed by atoms with Crippen molar-refractivity contribution in [3.63, 3.8) is 0 Å². The Morgan fingerprint density at radius 1 is 1.05 bits per heavy atom. The molecule has 7 nitrogen and oxygen atoms in total. The summed E-state index contributed by atoms with van der Waals surface area (Å²) >= 11 is 7.20. The summed E-state index contributed by atoms with van der Waals surface area (Å²) < 4.78 is 45.0. The number of nitrogens with one attached hydrogen (secondary N) is 1. The lowest BCUT2D eigenvalue weighted by Gasteiger charge is -2.11. The summed E-state index contributed by atoms with van der Waals surface area (Å²) in [5, 5.41) is 13.4. The van der Waals surface area contributed by atoms with Crippen molar-refractivity contribution in [1.82, 2.24) is 20.2 Å². The Labute approximate surface area is 219 Å². The molecular formula is C25H19ClF3N5O2S. The van der Waals surface area contributed by atoms with Crippen LogP contribution in [0.1, 0.15) is 11.1 Å². The van der Waals surface area contributed by atoms with Gasteiger partial charge in [0.15, 0.2) is 11.0 Å². The van der Waals surface area contributed by atoms with Crippen LogP contribution in [0.15, 0.2) is 83.1 Å². The lowest BCUT2D eigenvalue weighted by atomic mass is 10.1. The molecule has 0 bridgehead atoms. The van der Waals surface area contributed by atoms with E-state index in [9.17, 15) is 18.0 Å². The number of carbonyl (C=O) groups excluding carboxylic acids is 1. The van der Waals surface area contributed by atoms with Crippen LogP contribution in [-0.2, 0) is 11.0 Å². The number of hydrazone groups is 1. The monoisotopic (exact) mass is 545 g/mol. The third kappa shape index (κ3) is 6.69. The number of methoxy groups -OCH3 is 1. The predicted octanol–water partition coefficient (Wildman–Crippen LogP) is 5.86. The number of amides is 1. The van der Waals surface area contributed by atoms with E-state index in [4.69, 9.17) is 16.3 Å². The highest BCUT2D eigenvalue weighted by atomic mass is 35.5. The number of carbonyl (C=O) groups is 1. The third-order valence-electron chi connectivity index (χ3n) is 5.04. The number of hydrogen-bond acceptors (Lipinski definition) is 6. The van der Waals surface area contributed by atoms with Crippen molar-refractivity contribution in [3.8, 4) is 22.8 Å². The van der Waals surface area contributed by atoms with Gasteiger partial charge in [-0.15, -0.1) is 10.2 Å². The van der Waals surface area contributed by atoms with Crippen LogP contribution >= 0.6 is 23.4 Å². The van der Waals surface area contributed by atoms with E-state index in [1.807, 2.05) is 41.0 Å². The second-order valence-corrected chi connectivity index (χ2v) is 8.93. The maximum atomic E-state index is 12.7. The minimum absolute atomic E-state index is 0.0291. The van der Waals surface area contributed by atoms with Gasteiger partial charge in [-0.25, -0.2) is 5.43 Å². The van der Waals surface area contributed by atoms with Gasteiger partial charge in [-0.2, -0.15) is 18.3 Å². The zero-order chi connectivity index (χ0) is 26.4. The van der Waals surface area contributed by atoms with Crippen LogP contribution in [0.2, 0.25) is 5.02 Å². The topological polar surface area (TPSA) is 81.4 Å². The fourth-order valence-corrected chi connectivity index (χ4v) is 4.08. The maximum Gasteiger partial charge on any atom is 0.416 e. The van der Waals surface area contributed by atoms with Crippen molar-refractivity contribution >= 4 is 35.5 Å². The number of halogens is 4. The molecule has 190 valence electrons. The smallest absolute Gasteiger partial charge is 0.416 e. The summed E-state index contributed by atoms with van der Waals surface area (Å²) in [7, 11) is 1.58. The van der Waals surface area contributed by atoms with E-state index in [1.54, 1.807) is 19.2 Å². The third-order valence-corrected chi connectivity index (χ3v) is 6.22. The zero-order valence-corrected chi connectivity index (χ0v) is 20.8. The number of ether oxygens (including phenoxy) is 1. The van der Waals surface area contributed by atoms with E-state index >= 15 is 0 Å². The first kappa shape index (κ1) is 26.2. The molecule has 37 heavy (non-hydrogen) atoms. The number of rotatable bonds is 8. The van der Waals surface area contributed by atoms with Gasteiger partial charge < -0.3 is 4.74 Å². The number of hydrogen-bond donors (Lipinski definition) is 1. The summed E-state index contributed by atoms with van der Waals surface area (Å²) in [5.74, 6) is 0.807. The van der Waals surface area contributed by atoms with Crippen LogP contribution in [0.4, 0.5) is 13.2 Å². The van der Waals surface area contributed by atoms with Crippen LogP contribution in [-0.4, -0.2) is 39.7 Å². The molecule has 12 heteroatoms. The molecule has 0 saturated carbocycles. The van der Waals surface area contributed by atoms with Crippen LogP contribution < -0.4 is 10.2 Å². The summed E-state index contributed by atoms with van der Waals surface area (Å²) in [4.78, 5) is 12.3. The molecule has 0 aliphatic heterocycles. The molecule has 0 saturated heterocycles. The van der Waals surface area contributed by atoms with Crippen molar-refractivity contribution in [3.05, 3.63) is 88.9 Å². The number of benzene rings is 3. The van der Waals surface area contributed by atoms with Gasteiger partial charge in [0, 0.05) is 16.3 Å².